The SMILES string of the molecule is C=C(C)[C@@H]1CC=C(C(=O)SC(C)C)CC1. The first-order chi connectivity index (χ1) is 7.00. The van der Waals surface area contributed by atoms with Gasteiger partial charge in [-0.1, -0.05) is 43.8 Å². The Kier molecular flexibility index (Phi) is 4.65. The molecule has 0 unspecified atom stereocenters. The van der Waals surface area contributed by atoms with Gasteiger partial charge < -0.3 is 0 Å². The fourth-order valence-electron chi connectivity index (χ4n) is 1.76. The lowest BCUT2D eigenvalue weighted by atomic mass is 9.86. The molecule has 0 spiro atoms. The zero-order chi connectivity index (χ0) is 11.4. The van der Waals surface area contributed by atoms with Crippen LogP contribution < -0.4 is 0 Å². The van der Waals surface area contributed by atoms with Gasteiger partial charge in [0.2, 0.25) is 5.12 Å². The van der Waals surface area contributed by atoms with Gasteiger partial charge in [0, 0.05) is 10.8 Å². The van der Waals surface area contributed by atoms with Gasteiger partial charge in [-0.15, -0.1) is 0 Å². The van der Waals surface area contributed by atoms with Crippen molar-refractivity contribution in [3.8, 4) is 0 Å². The Morgan fingerprint density at radius 3 is 2.67 bits per heavy atom. The average Bonchev–Trinajstić information content (AvgIpc) is 2.17. The van der Waals surface area contributed by atoms with Gasteiger partial charge in [-0.3, -0.25) is 4.79 Å². The molecule has 0 aromatic rings. The zero-order valence-electron chi connectivity index (χ0n) is 9.88. The van der Waals surface area contributed by atoms with Crippen LogP contribution in [0, 0.1) is 5.92 Å². The summed E-state index contributed by atoms with van der Waals surface area (Å²) >= 11 is 1.44. The minimum atomic E-state index is 0.269. The maximum absolute atomic E-state index is 11.8. The van der Waals surface area contributed by atoms with Crippen LogP contribution in [-0.4, -0.2) is 10.4 Å². The van der Waals surface area contributed by atoms with E-state index in [2.05, 4.69) is 33.4 Å². The summed E-state index contributed by atoms with van der Waals surface area (Å²) in [4.78, 5) is 11.8. The molecule has 1 aliphatic rings. The second kappa shape index (κ2) is 5.55. The second-order valence-corrected chi connectivity index (χ2v) is 6.05. The highest BCUT2D eigenvalue weighted by Gasteiger charge is 2.19. The molecule has 84 valence electrons. The zero-order valence-corrected chi connectivity index (χ0v) is 10.7. The van der Waals surface area contributed by atoms with Crippen LogP contribution in [0.1, 0.15) is 40.0 Å². The Morgan fingerprint density at radius 2 is 2.27 bits per heavy atom. The summed E-state index contributed by atoms with van der Waals surface area (Å²) in [6.45, 7) is 10.2. The van der Waals surface area contributed by atoms with Crippen molar-refractivity contribution in [2.24, 2.45) is 5.92 Å². The minimum absolute atomic E-state index is 0.269. The predicted molar refractivity (Wildman–Crippen MR) is 68.0 cm³/mol. The Bertz CT molecular complexity index is 289. The topological polar surface area (TPSA) is 17.1 Å². The Balaban J connectivity index is 2.53. The van der Waals surface area contributed by atoms with Crippen molar-refractivity contribution in [1.82, 2.24) is 0 Å². The molecule has 1 aliphatic carbocycles. The van der Waals surface area contributed by atoms with Gasteiger partial charge in [0.15, 0.2) is 0 Å². The lowest BCUT2D eigenvalue weighted by Crippen LogP contribution is -2.11. The van der Waals surface area contributed by atoms with Crippen molar-refractivity contribution < 1.29 is 4.79 Å². The molecule has 0 fully saturated rings. The van der Waals surface area contributed by atoms with E-state index in [-0.39, 0.29) is 5.12 Å². The monoisotopic (exact) mass is 224 g/mol. The van der Waals surface area contributed by atoms with Crippen LogP contribution in [-0.2, 0) is 4.79 Å². The van der Waals surface area contributed by atoms with Crippen LogP contribution in [0.2, 0.25) is 0 Å². The molecule has 0 N–H and O–H groups in total. The van der Waals surface area contributed by atoms with E-state index in [0.717, 1.165) is 24.8 Å². The predicted octanol–water partition coefficient (Wildman–Crippen LogP) is 3.96. The molecular weight excluding hydrogens is 204 g/mol. The Labute approximate surface area is 97.0 Å². The molecular formula is C13H20OS. The van der Waals surface area contributed by atoms with Gasteiger partial charge in [0.05, 0.1) is 0 Å². The minimum Gasteiger partial charge on any atom is -0.282 e. The van der Waals surface area contributed by atoms with Gasteiger partial charge in [-0.2, -0.15) is 0 Å². The third-order valence-corrected chi connectivity index (χ3v) is 3.66. The highest BCUT2D eigenvalue weighted by atomic mass is 32.2. The van der Waals surface area contributed by atoms with Crippen LogP contribution in [0.25, 0.3) is 0 Å². The standard InChI is InChI=1S/C13H20OS/c1-9(2)11-5-7-12(8-6-11)13(14)15-10(3)4/h7,10-11H,1,5-6,8H2,2-4H3/t11-/m1/s1. The van der Waals surface area contributed by atoms with Crippen LogP contribution in [0.5, 0.6) is 0 Å². The van der Waals surface area contributed by atoms with Gasteiger partial charge in [-0.05, 0) is 32.1 Å². The normalized spacial score (nSPS) is 21.3. The number of rotatable bonds is 3. The third-order valence-electron chi connectivity index (χ3n) is 2.71. The largest absolute Gasteiger partial charge is 0.282 e. The fourth-order valence-corrected chi connectivity index (χ4v) is 2.52. The van der Waals surface area contributed by atoms with Crippen molar-refractivity contribution in [3.05, 3.63) is 23.8 Å². The Hall–Kier alpha value is -0.500. The molecule has 15 heavy (non-hydrogen) atoms. The van der Waals surface area contributed by atoms with E-state index in [0.29, 0.717) is 11.2 Å². The molecule has 0 heterocycles. The number of carbonyl (C=O) groups excluding carboxylic acids is 1. The van der Waals surface area contributed by atoms with Crippen molar-refractivity contribution in [1.29, 1.82) is 0 Å². The first-order valence-corrected chi connectivity index (χ1v) is 6.44. The van der Waals surface area contributed by atoms with E-state index in [4.69, 9.17) is 0 Å². The molecule has 0 aromatic carbocycles. The van der Waals surface area contributed by atoms with Crippen molar-refractivity contribution >= 4 is 16.9 Å². The summed E-state index contributed by atoms with van der Waals surface area (Å²) in [7, 11) is 0. The van der Waals surface area contributed by atoms with Crippen LogP contribution in [0.3, 0.4) is 0 Å². The van der Waals surface area contributed by atoms with Crippen molar-refractivity contribution in [2.45, 2.75) is 45.3 Å². The summed E-state index contributed by atoms with van der Waals surface area (Å²) in [5.41, 5.74) is 2.26. The van der Waals surface area contributed by atoms with E-state index < -0.39 is 0 Å². The van der Waals surface area contributed by atoms with E-state index in [9.17, 15) is 4.79 Å². The molecule has 2 heteroatoms. The molecule has 1 rings (SSSR count). The Morgan fingerprint density at radius 1 is 1.60 bits per heavy atom. The molecule has 0 aromatic heterocycles. The fraction of sp³-hybridized carbons (Fsp3) is 0.615. The first kappa shape index (κ1) is 12.6. The number of allylic oxidation sites excluding steroid dienone is 2. The summed E-state index contributed by atoms with van der Waals surface area (Å²) < 4.78 is 0. The van der Waals surface area contributed by atoms with Gasteiger partial charge in [0.1, 0.15) is 0 Å². The summed E-state index contributed by atoms with van der Waals surface area (Å²) in [6, 6.07) is 0. The van der Waals surface area contributed by atoms with Crippen molar-refractivity contribution in [3.63, 3.8) is 0 Å². The maximum atomic E-state index is 11.8. The van der Waals surface area contributed by atoms with E-state index >= 15 is 0 Å². The highest BCUT2D eigenvalue weighted by Crippen LogP contribution is 2.31. The van der Waals surface area contributed by atoms with Gasteiger partial charge >= 0.3 is 0 Å². The molecule has 0 saturated carbocycles. The molecule has 0 radical (unpaired) electrons. The highest BCUT2D eigenvalue weighted by molar-refractivity contribution is 8.14. The molecule has 0 bridgehead atoms. The van der Waals surface area contributed by atoms with Gasteiger partial charge in [0.25, 0.3) is 0 Å². The smallest absolute Gasteiger partial charge is 0.215 e. The third kappa shape index (κ3) is 3.86. The van der Waals surface area contributed by atoms with E-state index in [1.807, 2.05) is 0 Å². The summed E-state index contributed by atoms with van der Waals surface area (Å²) in [6.07, 6.45) is 5.12. The lowest BCUT2D eigenvalue weighted by Gasteiger charge is -2.21. The second-order valence-electron chi connectivity index (χ2n) is 4.50. The summed E-state index contributed by atoms with van der Waals surface area (Å²) in [5, 5.41) is 0.655. The maximum Gasteiger partial charge on any atom is 0.215 e. The van der Waals surface area contributed by atoms with Gasteiger partial charge in [-0.25, -0.2) is 0 Å². The lowest BCUT2D eigenvalue weighted by molar-refractivity contribution is -0.108. The number of hydrogen-bond acceptors (Lipinski definition) is 2. The summed E-state index contributed by atoms with van der Waals surface area (Å²) in [5.74, 6) is 0.589. The first-order valence-electron chi connectivity index (χ1n) is 5.56. The number of hydrogen-bond donors (Lipinski definition) is 0. The van der Waals surface area contributed by atoms with Crippen LogP contribution in [0.15, 0.2) is 23.8 Å². The number of carbonyl (C=O) groups is 1. The van der Waals surface area contributed by atoms with Crippen LogP contribution >= 0.6 is 11.8 Å². The molecule has 0 saturated heterocycles. The average molecular weight is 224 g/mol. The van der Waals surface area contributed by atoms with E-state index in [1.165, 1.54) is 17.3 Å². The number of thioether (sulfide) groups is 1. The molecule has 0 amide bonds. The molecule has 1 atom stereocenters. The van der Waals surface area contributed by atoms with Crippen LogP contribution in [0.4, 0.5) is 0 Å². The molecule has 1 nitrogen and oxygen atoms in total. The van der Waals surface area contributed by atoms with Crippen molar-refractivity contribution in [2.75, 3.05) is 0 Å². The van der Waals surface area contributed by atoms with E-state index in [1.54, 1.807) is 0 Å². The quantitative estimate of drug-likeness (QED) is 0.675. The molecule has 0 aliphatic heterocycles.